The van der Waals surface area contributed by atoms with Crippen molar-refractivity contribution in [2.45, 2.75) is 67.2 Å². The largest absolute Gasteiger partial charge is 0.424 e. The van der Waals surface area contributed by atoms with Crippen LogP contribution in [0.2, 0.25) is 0 Å². The SMILES string of the molecule is CCS[C@]1(OC(=S)O[C@H]2O[C@H](CO)[C@@H](O)[C@H](O)[C@H]2O)O[C@H](CO)[C@@H](O)[C@H](O)[C@H]1O. The summed E-state index contributed by atoms with van der Waals surface area (Å²) in [6.45, 7) is 0.303. The number of hydrogen-bond acceptors (Lipinski definition) is 14. The van der Waals surface area contributed by atoms with E-state index in [9.17, 15) is 40.9 Å². The zero-order valence-electron chi connectivity index (χ0n) is 15.3. The fourth-order valence-electron chi connectivity index (χ4n) is 2.95. The Bertz CT molecular complexity index is 551. The van der Waals surface area contributed by atoms with E-state index >= 15 is 0 Å². The minimum atomic E-state index is -2.06. The summed E-state index contributed by atoms with van der Waals surface area (Å²) in [5.41, 5.74) is 0. The Morgan fingerprint density at radius 1 is 0.931 bits per heavy atom. The molecule has 0 aliphatic carbocycles. The highest BCUT2D eigenvalue weighted by molar-refractivity contribution is 8.00. The number of thiocarbonyl (C=S) groups is 1. The monoisotopic (exact) mass is 462 g/mol. The molecular formula is C15H26O12S2. The first kappa shape index (κ1) is 24.9. The van der Waals surface area contributed by atoms with Gasteiger partial charge in [-0.15, -0.1) is 0 Å². The van der Waals surface area contributed by atoms with Gasteiger partial charge in [-0.3, -0.25) is 0 Å². The van der Waals surface area contributed by atoms with Crippen molar-refractivity contribution in [1.82, 2.24) is 0 Å². The van der Waals surface area contributed by atoms with Crippen LogP contribution < -0.4 is 0 Å². The van der Waals surface area contributed by atoms with Crippen molar-refractivity contribution in [1.29, 1.82) is 0 Å². The molecule has 10 atom stereocenters. The third-order valence-electron chi connectivity index (χ3n) is 4.54. The highest BCUT2D eigenvalue weighted by atomic mass is 32.2. The predicted molar refractivity (Wildman–Crippen MR) is 99.4 cm³/mol. The molecular weight excluding hydrogens is 436 g/mol. The minimum absolute atomic E-state index is 0.292. The van der Waals surface area contributed by atoms with Crippen LogP contribution in [0.25, 0.3) is 0 Å². The Hall–Kier alpha value is -0.360. The third-order valence-corrected chi connectivity index (χ3v) is 5.84. The molecule has 2 aliphatic heterocycles. The summed E-state index contributed by atoms with van der Waals surface area (Å²) in [4.78, 5) is 0. The fourth-order valence-corrected chi connectivity index (χ4v) is 4.26. The van der Waals surface area contributed by atoms with E-state index in [1.807, 2.05) is 0 Å². The fraction of sp³-hybridized carbons (Fsp3) is 0.933. The Morgan fingerprint density at radius 2 is 1.52 bits per heavy atom. The summed E-state index contributed by atoms with van der Waals surface area (Å²) in [6, 6.07) is 0. The van der Waals surface area contributed by atoms with Crippen molar-refractivity contribution < 1.29 is 59.8 Å². The van der Waals surface area contributed by atoms with Crippen LogP contribution in [0.3, 0.4) is 0 Å². The van der Waals surface area contributed by atoms with Gasteiger partial charge in [-0.2, -0.15) is 0 Å². The Labute approximate surface area is 175 Å². The topological polar surface area (TPSA) is 199 Å². The first-order valence-corrected chi connectivity index (χ1v) is 10.2. The summed E-state index contributed by atoms with van der Waals surface area (Å²) >= 11 is 5.79. The van der Waals surface area contributed by atoms with Crippen LogP contribution in [0.1, 0.15) is 6.92 Å². The lowest BCUT2D eigenvalue weighted by Gasteiger charge is -2.47. The van der Waals surface area contributed by atoms with Crippen molar-refractivity contribution in [2.24, 2.45) is 0 Å². The summed E-state index contributed by atoms with van der Waals surface area (Å²) in [7, 11) is 0. The quantitative estimate of drug-likeness (QED) is 0.140. The van der Waals surface area contributed by atoms with E-state index in [-0.39, 0.29) is 0 Å². The van der Waals surface area contributed by atoms with Crippen molar-refractivity contribution in [2.75, 3.05) is 19.0 Å². The minimum Gasteiger partial charge on any atom is -0.424 e. The molecule has 0 spiro atoms. The average Bonchev–Trinajstić information content (AvgIpc) is 2.69. The summed E-state index contributed by atoms with van der Waals surface area (Å²) in [6.07, 6.45) is -14.4. The second kappa shape index (κ2) is 10.3. The van der Waals surface area contributed by atoms with Gasteiger partial charge in [0.2, 0.25) is 6.29 Å². The molecule has 2 fully saturated rings. The molecule has 2 saturated heterocycles. The Kier molecular flexibility index (Phi) is 8.85. The van der Waals surface area contributed by atoms with Crippen molar-refractivity contribution in [3.63, 3.8) is 0 Å². The lowest BCUT2D eigenvalue weighted by atomic mass is 9.99. The van der Waals surface area contributed by atoms with Crippen LogP contribution in [0.5, 0.6) is 0 Å². The lowest BCUT2D eigenvalue weighted by molar-refractivity contribution is -0.313. The molecule has 29 heavy (non-hydrogen) atoms. The molecule has 0 unspecified atom stereocenters. The smallest absolute Gasteiger partial charge is 0.358 e. The first-order chi connectivity index (χ1) is 13.6. The molecule has 2 aliphatic rings. The van der Waals surface area contributed by atoms with Crippen molar-refractivity contribution in [3.8, 4) is 0 Å². The zero-order valence-corrected chi connectivity index (χ0v) is 17.0. The van der Waals surface area contributed by atoms with Crippen LogP contribution in [-0.4, -0.2) is 125 Å². The van der Waals surface area contributed by atoms with Gasteiger partial charge in [-0.05, 0) is 5.75 Å². The maximum absolute atomic E-state index is 10.4. The maximum Gasteiger partial charge on any atom is 0.358 e. The van der Waals surface area contributed by atoms with Gasteiger partial charge >= 0.3 is 5.24 Å². The molecule has 170 valence electrons. The van der Waals surface area contributed by atoms with E-state index in [0.29, 0.717) is 5.75 Å². The second-order valence-corrected chi connectivity index (χ2v) is 8.24. The predicted octanol–water partition coefficient (Wildman–Crippen LogP) is -4.01. The average molecular weight is 462 g/mol. The lowest BCUT2D eigenvalue weighted by Crippen LogP contribution is -2.65. The van der Waals surface area contributed by atoms with Gasteiger partial charge < -0.3 is 59.8 Å². The van der Waals surface area contributed by atoms with Gasteiger partial charge in [-0.25, -0.2) is 0 Å². The first-order valence-electron chi connectivity index (χ1n) is 8.78. The van der Waals surface area contributed by atoms with Gasteiger partial charge in [0.05, 0.1) is 13.2 Å². The standard InChI is InChI=1S/C15H26O12S2/c1-2-29-15(12(23)10(21)8(19)6(4-17)26-15)27-14(28)25-13-11(22)9(20)7(18)5(3-16)24-13/h5-13,16-23H,2-4H2,1H3/t5-,6-,7-,8-,9+,10+,11-,12-,13-,15+/m1/s1. The van der Waals surface area contributed by atoms with Gasteiger partial charge in [0, 0.05) is 12.2 Å². The highest BCUT2D eigenvalue weighted by Crippen LogP contribution is 2.40. The molecule has 0 aromatic rings. The molecule has 8 N–H and O–H groups in total. The third kappa shape index (κ3) is 5.11. The number of aliphatic hydroxyl groups excluding tert-OH is 8. The second-order valence-electron chi connectivity index (χ2n) is 6.47. The molecule has 0 radical (unpaired) electrons. The Balaban J connectivity index is 2.15. The maximum atomic E-state index is 10.4. The number of hydrogen-bond donors (Lipinski definition) is 8. The van der Waals surface area contributed by atoms with E-state index in [4.69, 9.17) is 31.2 Å². The molecule has 0 amide bonds. The molecule has 0 bridgehead atoms. The van der Waals surface area contributed by atoms with Crippen molar-refractivity contribution in [3.05, 3.63) is 0 Å². The van der Waals surface area contributed by atoms with Gasteiger partial charge in [-0.1, -0.05) is 18.7 Å². The number of thioether (sulfide) groups is 1. The van der Waals surface area contributed by atoms with Crippen LogP contribution >= 0.6 is 24.0 Å². The number of ether oxygens (including phenoxy) is 4. The van der Waals surface area contributed by atoms with E-state index in [0.717, 1.165) is 11.8 Å². The molecule has 14 heteroatoms. The van der Waals surface area contributed by atoms with Crippen LogP contribution in [0.15, 0.2) is 0 Å². The van der Waals surface area contributed by atoms with Gasteiger partial charge in [0.15, 0.2) is 6.10 Å². The van der Waals surface area contributed by atoms with Gasteiger partial charge in [0.1, 0.15) is 42.7 Å². The van der Waals surface area contributed by atoms with Crippen LogP contribution in [-0.2, 0) is 18.9 Å². The molecule has 0 aromatic carbocycles. The summed E-state index contributed by atoms with van der Waals surface area (Å²) in [5.74, 6) is 0.292. The molecule has 2 heterocycles. The normalized spacial score (nSPS) is 45.6. The van der Waals surface area contributed by atoms with Crippen LogP contribution in [0.4, 0.5) is 0 Å². The zero-order chi connectivity index (χ0) is 21.9. The van der Waals surface area contributed by atoms with Crippen LogP contribution in [0, 0.1) is 0 Å². The van der Waals surface area contributed by atoms with Gasteiger partial charge in [0.25, 0.3) is 5.12 Å². The van der Waals surface area contributed by atoms with Crippen molar-refractivity contribution >= 4 is 29.2 Å². The van der Waals surface area contributed by atoms with E-state index in [1.54, 1.807) is 6.92 Å². The van der Waals surface area contributed by atoms with E-state index in [1.165, 1.54) is 0 Å². The molecule has 12 nitrogen and oxygen atoms in total. The molecule has 0 aromatic heterocycles. The van der Waals surface area contributed by atoms with E-state index in [2.05, 4.69) is 0 Å². The highest BCUT2D eigenvalue weighted by Gasteiger charge is 2.57. The Morgan fingerprint density at radius 3 is 2.07 bits per heavy atom. The number of rotatable bonds is 6. The molecule has 2 rings (SSSR count). The molecule has 0 saturated carbocycles. The summed E-state index contributed by atoms with van der Waals surface area (Å²) < 4.78 is 21.1. The number of aliphatic hydroxyl groups is 8. The summed E-state index contributed by atoms with van der Waals surface area (Å²) in [5, 5.41) is 75.8. The van der Waals surface area contributed by atoms with E-state index < -0.39 is 78.7 Å².